The number of phenols is 1. The van der Waals surface area contributed by atoms with E-state index >= 15 is 0 Å². The molecule has 1 aliphatic carbocycles. The minimum atomic E-state index is -0.578. The van der Waals surface area contributed by atoms with Gasteiger partial charge in [0.1, 0.15) is 5.75 Å². The second-order valence-corrected chi connectivity index (χ2v) is 5.90. The van der Waals surface area contributed by atoms with Gasteiger partial charge < -0.3 is 16.2 Å². The fourth-order valence-electron chi connectivity index (χ4n) is 2.63. The molecule has 1 amide bonds. The molecule has 5 heteroatoms. The van der Waals surface area contributed by atoms with Crippen LogP contribution >= 0.6 is 12.2 Å². The minimum Gasteiger partial charge on any atom is -0.508 e. The Morgan fingerprint density at radius 2 is 2.00 bits per heavy atom. The summed E-state index contributed by atoms with van der Waals surface area (Å²) in [6, 6.07) is 4.89. The number of hydrogen-bond acceptors (Lipinski definition) is 3. The third kappa shape index (κ3) is 2.93. The summed E-state index contributed by atoms with van der Waals surface area (Å²) in [7, 11) is 0. The van der Waals surface area contributed by atoms with Gasteiger partial charge in [-0.05, 0) is 37.5 Å². The lowest BCUT2D eigenvalue weighted by atomic mass is 9.81. The zero-order valence-electron chi connectivity index (χ0n) is 11.6. The summed E-state index contributed by atoms with van der Waals surface area (Å²) >= 11 is 5.16. The van der Waals surface area contributed by atoms with Crippen molar-refractivity contribution < 1.29 is 9.90 Å². The van der Waals surface area contributed by atoms with Gasteiger partial charge in [-0.15, -0.1) is 0 Å². The van der Waals surface area contributed by atoms with Crippen LogP contribution in [0.25, 0.3) is 0 Å². The highest BCUT2D eigenvalue weighted by molar-refractivity contribution is 7.80. The van der Waals surface area contributed by atoms with E-state index in [-0.39, 0.29) is 11.7 Å². The molecule has 1 aromatic carbocycles. The van der Waals surface area contributed by atoms with Gasteiger partial charge in [0.15, 0.2) is 0 Å². The molecule has 0 atom stereocenters. The molecule has 1 aliphatic rings. The number of aryl methyl sites for hydroxylation is 1. The Kier molecular flexibility index (Phi) is 4.28. The lowest BCUT2D eigenvalue weighted by Crippen LogP contribution is -2.57. The number of carbonyl (C=O) groups is 1. The summed E-state index contributed by atoms with van der Waals surface area (Å²) in [5.41, 5.74) is 6.44. The standard InChI is InChI=1S/C15H20N2O2S/c1-10-5-6-11(9-12(10)18)13(19)17-15(14(16)20)7-3-2-4-8-15/h5-6,9,18H,2-4,7-8H2,1H3,(H2,16,20)(H,17,19). The van der Waals surface area contributed by atoms with E-state index in [9.17, 15) is 9.90 Å². The lowest BCUT2D eigenvalue weighted by molar-refractivity contribution is 0.0908. The van der Waals surface area contributed by atoms with E-state index in [2.05, 4.69) is 5.32 Å². The van der Waals surface area contributed by atoms with Crippen LogP contribution in [0.3, 0.4) is 0 Å². The number of benzene rings is 1. The smallest absolute Gasteiger partial charge is 0.252 e. The van der Waals surface area contributed by atoms with Gasteiger partial charge in [0.25, 0.3) is 5.91 Å². The fourth-order valence-corrected chi connectivity index (χ4v) is 2.88. The van der Waals surface area contributed by atoms with Crippen LogP contribution in [-0.4, -0.2) is 21.5 Å². The van der Waals surface area contributed by atoms with Crippen LogP contribution in [0.1, 0.15) is 48.0 Å². The fraction of sp³-hybridized carbons (Fsp3) is 0.467. The average molecular weight is 292 g/mol. The number of phenolic OH excluding ortho intramolecular Hbond substituents is 1. The SMILES string of the molecule is Cc1ccc(C(=O)NC2(C(N)=S)CCCCC2)cc1O. The Bertz CT molecular complexity index is 537. The van der Waals surface area contributed by atoms with Gasteiger partial charge in [-0.1, -0.05) is 37.5 Å². The van der Waals surface area contributed by atoms with Gasteiger partial charge in [-0.25, -0.2) is 0 Å². The number of amides is 1. The quantitative estimate of drug-likeness (QED) is 0.748. The Morgan fingerprint density at radius 1 is 1.35 bits per heavy atom. The van der Waals surface area contributed by atoms with Gasteiger partial charge in [0.2, 0.25) is 0 Å². The number of nitrogens with one attached hydrogen (secondary N) is 1. The molecular weight excluding hydrogens is 272 g/mol. The molecule has 4 N–H and O–H groups in total. The number of carbonyl (C=O) groups excluding carboxylic acids is 1. The van der Waals surface area contributed by atoms with Crippen molar-refractivity contribution in [1.29, 1.82) is 0 Å². The van der Waals surface area contributed by atoms with Crippen LogP contribution in [-0.2, 0) is 0 Å². The van der Waals surface area contributed by atoms with Crippen molar-refractivity contribution in [3.8, 4) is 5.75 Å². The molecule has 1 fully saturated rings. The second kappa shape index (κ2) is 5.79. The van der Waals surface area contributed by atoms with E-state index < -0.39 is 5.54 Å². The van der Waals surface area contributed by atoms with Crippen molar-refractivity contribution in [2.75, 3.05) is 0 Å². The van der Waals surface area contributed by atoms with E-state index in [0.29, 0.717) is 10.6 Å². The maximum absolute atomic E-state index is 12.3. The summed E-state index contributed by atoms with van der Waals surface area (Å²) in [6.45, 7) is 1.79. The highest BCUT2D eigenvalue weighted by atomic mass is 32.1. The Hall–Kier alpha value is -1.62. The summed E-state index contributed by atoms with van der Waals surface area (Å²) in [6.07, 6.45) is 4.73. The molecule has 0 spiro atoms. The third-order valence-electron chi connectivity index (χ3n) is 4.00. The Morgan fingerprint density at radius 3 is 2.55 bits per heavy atom. The zero-order valence-corrected chi connectivity index (χ0v) is 12.4. The first-order valence-electron chi connectivity index (χ1n) is 6.87. The molecule has 0 heterocycles. The number of nitrogens with two attached hydrogens (primary N) is 1. The summed E-state index contributed by atoms with van der Waals surface area (Å²) in [5.74, 6) is -0.124. The molecule has 108 valence electrons. The predicted octanol–water partition coefficient (Wildman–Crippen LogP) is 2.42. The monoisotopic (exact) mass is 292 g/mol. The van der Waals surface area contributed by atoms with Crippen LogP contribution in [0.2, 0.25) is 0 Å². The molecule has 0 bridgehead atoms. The van der Waals surface area contributed by atoms with E-state index in [0.717, 1.165) is 37.7 Å². The van der Waals surface area contributed by atoms with Crippen molar-refractivity contribution in [2.45, 2.75) is 44.6 Å². The molecule has 0 radical (unpaired) electrons. The molecule has 0 aliphatic heterocycles. The van der Waals surface area contributed by atoms with Gasteiger partial charge in [-0.3, -0.25) is 4.79 Å². The molecule has 0 unspecified atom stereocenters. The maximum Gasteiger partial charge on any atom is 0.252 e. The summed E-state index contributed by atoms with van der Waals surface area (Å²) < 4.78 is 0. The summed E-state index contributed by atoms with van der Waals surface area (Å²) in [4.78, 5) is 12.7. The molecule has 0 saturated heterocycles. The summed E-state index contributed by atoms with van der Waals surface area (Å²) in [5, 5.41) is 12.7. The van der Waals surface area contributed by atoms with E-state index in [1.807, 2.05) is 0 Å². The van der Waals surface area contributed by atoms with Gasteiger partial charge in [-0.2, -0.15) is 0 Å². The van der Waals surface area contributed by atoms with Gasteiger partial charge in [0.05, 0.1) is 10.5 Å². The van der Waals surface area contributed by atoms with Crippen molar-refractivity contribution in [3.05, 3.63) is 29.3 Å². The second-order valence-electron chi connectivity index (χ2n) is 5.46. The van der Waals surface area contributed by atoms with E-state index in [1.54, 1.807) is 19.1 Å². The topological polar surface area (TPSA) is 75.4 Å². The first kappa shape index (κ1) is 14.8. The van der Waals surface area contributed by atoms with Crippen LogP contribution < -0.4 is 11.1 Å². The number of aromatic hydroxyl groups is 1. The molecular formula is C15H20N2O2S. The molecule has 0 aromatic heterocycles. The molecule has 4 nitrogen and oxygen atoms in total. The minimum absolute atomic E-state index is 0.116. The average Bonchev–Trinajstić information content (AvgIpc) is 2.42. The molecule has 2 rings (SSSR count). The van der Waals surface area contributed by atoms with Crippen molar-refractivity contribution in [3.63, 3.8) is 0 Å². The lowest BCUT2D eigenvalue weighted by Gasteiger charge is -2.37. The third-order valence-corrected chi connectivity index (χ3v) is 4.39. The normalized spacial score (nSPS) is 17.4. The van der Waals surface area contributed by atoms with Crippen LogP contribution in [0.15, 0.2) is 18.2 Å². The van der Waals surface area contributed by atoms with E-state index in [4.69, 9.17) is 18.0 Å². The molecule has 1 saturated carbocycles. The van der Waals surface area contributed by atoms with Crippen molar-refractivity contribution in [1.82, 2.24) is 5.32 Å². The highest BCUT2D eigenvalue weighted by Gasteiger charge is 2.36. The molecule has 20 heavy (non-hydrogen) atoms. The van der Waals surface area contributed by atoms with Gasteiger partial charge >= 0.3 is 0 Å². The first-order valence-corrected chi connectivity index (χ1v) is 7.27. The van der Waals surface area contributed by atoms with Crippen molar-refractivity contribution >= 4 is 23.1 Å². The highest BCUT2D eigenvalue weighted by Crippen LogP contribution is 2.29. The Labute approximate surface area is 124 Å². The number of thiocarbonyl (C=S) groups is 1. The largest absolute Gasteiger partial charge is 0.508 e. The van der Waals surface area contributed by atoms with Crippen LogP contribution in [0, 0.1) is 6.92 Å². The number of hydrogen-bond donors (Lipinski definition) is 3. The predicted molar refractivity (Wildman–Crippen MR) is 82.9 cm³/mol. The van der Waals surface area contributed by atoms with Crippen LogP contribution in [0.4, 0.5) is 0 Å². The number of rotatable bonds is 3. The maximum atomic E-state index is 12.3. The molecule has 1 aromatic rings. The Balaban J connectivity index is 2.20. The van der Waals surface area contributed by atoms with E-state index in [1.165, 1.54) is 6.07 Å². The van der Waals surface area contributed by atoms with Gasteiger partial charge in [0, 0.05) is 5.56 Å². The van der Waals surface area contributed by atoms with Crippen molar-refractivity contribution in [2.24, 2.45) is 5.73 Å². The zero-order chi connectivity index (χ0) is 14.8. The first-order chi connectivity index (χ1) is 9.44. The van der Waals surface area contributed by atoms with Crippen LogP contribution in [0.5, 0.6) is 5.75 Å².